The summed E-state index contributed by atoms with van der Waals surface area (Å²) >= 11 is 0. The van der Waals surface area contributed by atoms with Gasteiger partial charge in [-0.2, -0.15) is 0 Å². The van der Waals surface area contributed by atoms with Gasteiger partial charge in [0.05, 0.1) is 7.11 Å². The third-order valence-electron chi connectivity index (χ3n) is 6.89. The number of amides is 1. The van der Waals surface area contributed by atoms with Gasteiger partial charge in [0.25, 0.3) is 5.91 Å². The Labute approximate surface area is 196 Å². The van der Waals surface area contributed by atoms with Crippen molar-refractivity contribution in [3.05, 3.63) is 53.2 Å². The zero-order chi connectivity index (χ0) is 20.1. The summed E-state index contributed by atoms with van der Waals surface area (Å²) < 4.78 is 5.31. The van der Waals surface area contributed by atoms with E-state index in [-0.39, 0.29) is 30.7 Å². The van der Waals surface area contributed by atoms with Crippen LogP contribution in [0.3, 0.4) is 0 Å². The third kappa shape index (κ3) is 4.09. The van der Waals surface area contributed by atoms with Gasteiger partial charge in [0.1, 0.15) is 17.3 Å². The van der Waals surface area contributed by atoms with E-state index in [9.17, 15) is 4.79 Å². The van der Waals surface area contributed by atoms with Gasteiger partial charge in [-0.25, -0.2) is 4.98 Å². The Morgan fingerprint density at radius 1 is 1.03 bits per heavy atom. The second-order valence-corrected chi connectivity index (χ2v) is 8.64. The van der Waals surface area contributed by atoms with Crippen molar-refractivity contribution in [1.82, 2.24) is 14.8 Å². The summed E-state index contributed by atoms with van der Waals surface area (Å²) in [5, 5.41) is 0. The molecule has 1 amide bonds. The number of anilines is 1. The Kier molecular flexibility index (Phi) is 7.04. The minimum Gasteiger partial charge on any atom is -0.497 e. The molecule has 2 saturated heterocycles. The lowest BCUT2D eigenvalue weighted by Gasteiger charge is -2.27. The van der Waals surface area contributed by atoms with E-state index in [1.54, 1.807) is 7.11 Å². The first-order valence-corrected chi connectivity index (χ1v) is 10.4. The Bertz CT molecular complexity index is 940. The number of likely N-dealkylation sites (N-methyl/N-ethyl adjacent to an activating group) is 1. The summed E-state index contributed by atoms with van der Waals surface area (Å²) in [5.41, 5.74) is 3.11. The largest absolute Gasteiger partial charge is 0.497 e. The van der Waals surface area contributed by atoms with E-state index in [1.165, 1.54) is 11.1 Å². The van der Waals surface area contributed by atoms with Crippen LogP contribution in [0.15, 0.2) is 36.4 Å². The quantitative estimate of drug-likeness (QED) is 0.697. The number of aromatic nitrogens is 1. The predicted molar refractivity (Wildman–Crippen MR) is 127 cm³/mol. The van der Waals surface area contributed by atoms with E-state index in [0.717, 1.165) is 44.2 Å². The molecule has 2 fully saturated rings. The standard InChI is InChI=1S/C23H28N4O2.2ClH/c1-25-11-10-16-6-9-20(24-22(16)25)23(28)27-13-17-12-26(2)21(19(17)14-27)15-4-7-18(29-3)8-5-15;;/h4-9,17,19,21H,10-14H2,1-3H3;2*1H/t17-,19+,21+;;/m0../s1. The second kappa shape index (κ2) is 9.23. The molecule has 6 nitrogen and oxygen atoms in total. The fraction of sp³-hybridized carbons (Fsp3) is 0.478. The van der Waals surface area contributed by atoms with Gasteiger partial charge in [-0.1, -0.05) is 18.2 Å². The molecule has 8 heteroatoms. The molecular formula is C23H30Cl2N4O2. The average Bonchev–Trinajstić information content (AvgIpc) is 3.40. The predicted octanol–water partition coefficient (Wildman–Crippen LogP) is 3.30. The van der Waals surface area contributed by atoms with Crippen LogP contribution < -0.4 is 9.64 Å². The molecule has 1 aromatic carbocycles. The molecule has 5 rings (SSSR count). The van der Waals surface area contributed by atoms with Crippen molar-refractivity contribution in [2.45, 2.75) is 12.5 Å². The summed E-state index contributed by atoms with van der Waals surface area (Å²) in [6.07, 6.45) is 1.01. The van der Waals surface area contributed by atoms with Crippen molar-refractivity contribution in [1.29, 1.82) is 0 Å². The van der Waals surface area contributed by atoms with Gasteiger partial charge >= 0.3 is 0 Å². The monoisotopic (exact) mass is 464 g/mol. The molecular weight excluding hydrogens is 435 g/mol. The fourth-order valence-electron chi connectivity index (χ4n) is 5.40. The van der Waals surface area contributed by atoms with Crippen LogP contribution in [0.2, 0.25) is 0 Å². The average molecular weight is 465 g/mol. The number of hydrogen-bond acceptors (Lipinski definition) is 5. The summed E-state index contributed by atoms with van der Waals surface area (Å²) in [6.45, 7) is 3.60. The van der Waals surface area contributed by atoms with Gasteiger partial charge in [-0.05, 0) is 48.7 Å². The lowest BCUT2D eigenvalue weighted by molar-refractivity contribution is 0.0762. The van der Waals surface area contributed by atoms with Gasteiger partial charge in [0, 0.05) is 45.2 Å². The molecule has 168 valence electrons. The maximum Gasteiger partial charge on any atom is 0.272 e. The zero-order valence-electron chi connectivity index (χ0n) is 18.2. The van der Waals surface area contributed by atoms with Crippen LogP contribution in [0.25, 0.3) is 0 Å². The number of hydrogen-bond donors (Lipinski definition) is 0. The number of carbonyl (C=O) groups excluding carboxylic acids is 1. The normalized spacial score (nSPS) is 24.3. The maximum atomic E-state index is 13.2. The summed E-state index contributed by atoms with van der Waals surface area (Å²) in [7, 11) is 5.93. The van der Waals surface area contributed by atoms with Crippen molar-refractivity contribution >= 4 is 36.5 Å². The summed E-state index contributed by atoms with van der Waals surface area (Å²) in [4.78, 5) is 24.5. The van der Waals surface area contributed by atoms with Crippen LogP contribution in [-0.4, -0.2) is 68.1 Å². The number of carbonyl (C=O) groups is 1. The first-order chi connectivity index (χ1) is 14.0. The number of benzene rings is 1. The van der Waals surface area contributed by atoms with Crippen molar-refractivity contribution in [3.8, 4) is 5.75 Å². The number of pyridine rings is 1. The minimum atomic E-state index is 0. The molecule has 0 unspecified atom stereocenters. The van der Waals surface area contributed by atoms with E-state index in [1.807, 2.05) is 30.1 Å². The zero-order valence-corrected chi connectivity index (χ0v) is 19.8. The number of nitrogens with zero attached hydrogens (tertiary/aromatic N) is 4. The molecule has 2 aromatic rings. The van der Waals surface area contributed by atoms with Crippen LogP contribution in [-0.2, 0) is 6.42 Å². The molecule has 0 N–H and O–H groups in total. The highest BCUT2D eigenvalue weighted by molar-refractivity contribution is 5.93. The van der Waals surface area contributed by atoms with E-state index < -0.39 is 0 Å². The Morgan fingerprint density at radius 2 is 1.77 bits per heavy atom. The highest BCUT2D eigenvalue weighted by Gasteiger charge is 2.47. The highest BCUT2D eigenvalue weighted by atomic mass is 35.5. The smallest absolute Gasteiger partial charge is 0.272 e. The lowest BCUT2D eigenvalue weighted by atomic mass is 9.89. The van der Waals surface area contributed by atoms with E-state index >= 15 is 0 Å². The summed E-state index contributed by atoms with van der Waals surface area (Å²) in [5.74, 6) is 2.87. The molecule has 3 atom stereocenters. The Hall–Kier alpha value is -2.02. The van der Waals surface area contributed by atoms with Crippen LogP contribution in [0.5, 0.6) is 5.75 Å². The summed E-state index contributed by atoms with van der Waals surface area (Å²) in [6, 6.07) is 12.7. The van der Waals surface area contributed by atoms with E-state index in [2.05, 4.69) is 35.0 Å². The Morgan fingerprint density at radius 3 is 2.48 bits per heavy atom. The fourth-order valence-corrected chi connectivity index (χ4v) is 5.40. The molecule has 1 aromatic heterocycles. The SMILES string of the molecule is COc1ccc([C@@H]2[C@@H]3CN(C(=O)c4ccc5c(n4)N(C)CC5)C[C@@H]3CN2C)cc1.Cl.Cl. The number of likely N-dealkylation sites (tertiary alicyclic amines) is 2. The van der Waals surface area contributed by atoms with Crippen molar-refractivity contribution in [2.75, 3.05) is 52.3 Å². The number of fused-ring (bicyclic) bond motifs is 2. The van der Waals surface area contributed by atoms with Crippen LogP contribution in [0.1, 0.15) is 27.7 Å². The van der Waals surface area contributed by atoms with Gasteiger partial charge in [0.2, 0.25) is 0 Å². The van der Waals surface area contributed by atoms with Crippen molar-refractivity contribution < 1.29 is 9.53 Å². The Balaban J connectivity index is 0.00000136. The first kappa shape index (κ1) is 23.6. The molecule has 3 aliphatic rings. The number of ether oxygens (including phenoxy) is 1. The topological polar surface area (TPSA) is 48.9 Å². The molecule has 0 saturated carbocycles. The highest BCUT2D eigenvalue weighted by Crippen LogP contribution is 2.44. The molecule has 0 bridgehead atoms. The number of methoxy groups -OCH3 is 1. The third-order valence-corrected chi connectivity index (χ3v) is 6.89. The molecule has 0 spiro atoms. The van der Waals surface area contributed by atoms with Crippen molar-refractivity contribution in [2.24, 2.45) is 11.8 Å². The van der Waals surface area contributed by atoms with Crippen LogP contribution in [0.4, 0.5) is 5.82 Å². The number of rotatable bonds is 3. The van der Waals surface area contributed by atoms with Crippen molar-refractivity contribution in [3.63, 3.8) is 0 Å². The molecule has 31 heavy (non-hydrogen) atoms. The van der Waals surface area contributed by atoms with Gasteiger partial charge in [-0.3, -0.25) is 9.69 Å². The van der Waals surface area contributed by atoms with E-state index in [4.69, 9.17) is 9.72 Å². The second-order valence-electron chi connectivity index (χ2n) is 8.64. The van der Waals surface area contributed by atoms with Crippen LogP contribution in [0, 0.1) is 11.8 Å². The lowest BCUT2D eigenvalue weighted by Crippen LogP contribution is -2.34. The molecule has 0 radical (unpaired) electrons. The van der Waals surface area contributed by atoms with Gasteiger partial charge in [0.15, 0.2) is 0 Å². The molecule has 3 aliphatic heterocycles. The van der Waals surface area contributed by atoms with E-state index in [0.29, 0.717) is 23.6 Å². The van der Waals surface area contributed by atoms with Gasteiger partial charge < -0.3 is 14.5 Å². The van der Waals surface area contributed by atoms with Crippen LogP contribution >= 0.6 is 24.8 Å². The number of halogens is 2. The molecule has 0 aliphatic carbocycles. The first-order valence-electron chi connectivity index (χ1n) is 10.4. The minimum absolute atomic E-state index is 0. The molecule has 4 heterocycles. The van der Waals surface area contributed by atoms with Gasteiger partial charge in [-0.15, -0.1) is 24.8 Å². The maximum absolute atomic E-state index is 13.2.